The maximum Gasteiger partial charge on any atom is 0.273 e. The molecule has 1 aromatic carbocycles. The van der Waals surface area contributed by atoms with E-state index in [1.807, 2.05) is 30.3 Å². The van der Waals surface area contributed by atoms with Crippen LogP contribution in [0, 0.1) is 11.8 Å². The Balaban J connectivity index is 1.38. The first-order valence-electron chi connectivity index (χ1n) is 9.75. The molecule has 2 heterocycles. The summed E-state index contributed by atoms with van der Waals surface area (Å²) in [6.45, 7) is 0.604. The number of methoxy groups -OCH3 is 1. The van der Waals surface area contributed by atoms with E-state index in [1.165, 1.54) is 0 Å². The number of hydrogen-bond donors (Lipinski definition) is 2. The van der Waals surface area contributed by atoms with Crippen molar-refractivity contribution in [2.75, 3.05) is 13.7 Å². The lowest BCUT2D eigenvalue weighted by atomic mass is 9.71. The van der Waals surface area contributed by atoms with Gasteiger partial charge in [0.25, 0.3) is 5.91 Å². The summed E-state index contributed by atoms with van der Waals surface area (Å²) in [7, 11) is 1.68. The molecule has 7 nitrogen and oxygen atoms in total. The first kappa shape index (κ1) is 18.7. The van der Waals surface area contributed by atoms with E-state index in [9.17, 15) is 9.59 Å². The Labute approximate surface area is 163 Å². The molecule has 0 bridgehead atoms. The van der Waals surface area contributed by atoms with E-state index in [4.69, 9.17) is 9.26 Å². The zero-order chi connectivity index (χ0) is 19.5. The van der Waals surface area contributed by atoms with E-state index in [1.54, 1.807) is 13.2 Å². The maximum atomic E-state index is 12.6. The van der Waals surface area contributed by atoms with Crippen molar-refractivity contribution in [3.05, 3.63) is 42.1 Å². The molecule has 0 spiro atoms. The van der Waals surface area contributed by atoms with Crippen molar-refractivity contribution >= 4 is 11.8 Å². The summed E-state index contributed by atoms with van der Waals surface area (Å²) >= 11 is 0. The molecule has 1 aliphatic carbocycles. The molecule has 2 amide bonds. The topological polar surface area (TPSA) is 93.5 Å². The van der Waals surface area contributed by atoms with Gasteiger partial charge in [-0.1, -0.05) is 35.5 Å². The van der Waals surface area contributed by atoms with Crippen molar-refractivity contribution in [1.82, 2.24) is 15.8 Å². The van der Waals surface area contributed by atoms with Gasteiger partial charge in [0, 0.05) is 43.9 Å². The van der Waals surface area contributed by atoms with Crippen LogP contribution in [-0.2, 0) is 9.53 Å². The number of benzene rings is 1. The summed E-state index contributed by atoms with van der Waals surface area (Å²) < 4.78 is 10.6. The van der Waals surface area contributed by atoms with Crippen LogP contribution in [0.15, 0.2) is 40.9 Å². The summed E-state index contributed by atoms with van der Waals surface area (Å²) in [6, 6.07) is 11.3. The minimum absolute atomic E-state index is 0.00669. The van der Waals surface area contributed by atoms with Crippen LogP contribution in [-0.4, -0.2) is 42.8 Å². The fraction of sp³-hybridized carbons (Fsp3) is 0.476. The van der Waals surface area contributed by atoms with Crippen LogP contribution in [0.2, 0.25) is 0 Å². The molecule has 1 saturated heterocycles. The zero-order valence-corrected chi connectivity index (χ0v) is 15.9. The minimum atomic E-state index is -0.245. The number of nitrogens with zero attached hydrogens (tertiary/aromatic N) is 1. The lowest BCUT2D eigenvalue weighted by Crippen LogP contribution is -2.56. The van der Waals surface area contributed by atoms with Gasteiger partial charge in [-0.25, -0.2) is 0 Å². The van der Waals surface area contributed by atoms with Crippen molar-refractivity contribution in [3.8, 4) is 11.3 Å². The van der Waals surface area contributed by atoms with Crippen LogP contribution < -0.4 is 10.6 Å². The quantitative estimate of drug-likeness (QED) is 0.827. The van der Waals surface area contributed by atoms with Crippen LogP contribution in [0.4, 0.5) is 0 Å². The molecule has 4 rings (SSSR count). The fourth-order valence-electron chi connectivity index (χ4n) is 4.49. The van der Waals surface area contributed by atoms with E-state index >= 15 is 0 Å². The van der Waals surface area contributed by atoms with Crippen LogP contribution in [0.3, 0.4) is 0 Å². The highest BCUT2D eigenvalue weighted by molar-refractivity contribution is 5.93. The predicted molar refractivity (Wildman–Crippen MR) is 102 cm³/mol. The lowest BCUT2D eigenvalue weighted by Gasteiger charge is -2.43. The number of ether oxygens (including phenoxy) is 1. The highest BCUT2D eigenvalue weighted by Crippen LogP contribution is 2.35. The van der Waals surface area contributed by atoms with E-state index in [-0.39, 0.29) is 35.5 Å². The predicted octanol–water partition coefficient (Wildman–Crippen LogP) is 2.39. The van der Waals surface area contributed by atoms with Crippen molar-refractivity contribution < 1.29 is 18.8 Å². The van der Waals surface area contributed by atoms with Crippen molar-refractivity contribution in [2.45, 2.75) is 37.8 Å². The molecule has 1 aromatic heterocycles. The second-order valence-electron chi connectivity index (χ2n) is 7.68. The van der Waals surface area contributed by atoms with Crippen LogP contribution in [0.5, 0.6) is 0 Å². The van der Waals surface area contributed by atoms with Crippen LogP contribution >= 0.6 is 0 Å². The highest BCUT2D eigenvalue weighted by atomic mass is 16.5. The molecule has 4 unspecified atom stereocenters. The maximum absolute atomic E-state index is 12.6. The molecule has 2 fully saturated rings. The SMILES string of the molecule is COCC1CC(=O)NC2CC(NC(=O)c3cc(-c4ccccc4)on3)CCC12. The number of aromatic nitrogens is 1. The third kappa shape index (κ3) is 3.94. The Morgan fingerprint density at radius 3 is 2.93 bits per heavy atom. The molecule has 7 heteroatoms. The Hall–Kier alpha value is -2.67. The monoisotopic (exact) mass is 383 g/mol. The number of piperidine rings is 1. The average Bonchev–Trinajstić information content (AvgIpc) is 3.19. The third-order valence-corrected chi connectivity index (χ3v) is 5.82. The van der Waals surface area contributed by atoms with E-state index < -0.39 is 0 Å². The summed E-state index contributed by atoms with van der Waals surface area (Å²) in [6.07, 6.45) is 3.09. The van der Waals surface area contributed by atoms with Gasteiger partial charge in [-0.15, -0.1) is 0 Å². The van der Waals surface area contributed by atoms with Gasteiger partial charge >= 0.3 is 0 Å². The Morgan fingerprint density at radius 1 is 1.32 bits per heavy atom. The Morgan fingerprint density at radius 2 is 2.14 bits per heavy atom. The normalized spacial score (nSPS) is 27.0. The average molecular weight is 383 g/mol. The molecule has 0 radical (unpaired) electrons. The molecule has 2 aliphatic rings. The molecular weight excluding hydrogens is 358 g/mol. The van der Waals surface area contributed by atoms with Crippen molar-refractivity contribution in [3.63, 3.8) is 0 Å². The zero-order valence-electron chi connectivity index (χ0n) is 15.9. The van der Waals surface area contributed by atoms with Gasteiger partial charge in [-0.3, -0.25) is 9.59 Å². The fourth-order valence-corrected chi connectivity index (χ4v) is 4.49. The van der Waals surface area contributed by atoms with Gasteiger partial charge in [-0.2, -0.15) is 0 Å². The summed E-state index contributed by atoms with van der Waals surface area (Å²) in [5.41, 5.74) is 1.15. The van der Waals surface area contributed by atoms with Gasteiger partial charge < -0.3 is 19.9 Å². The molecule has 1 aliphatic heterocycles. The standard InChI is InChI=1S/C21H25N3O4/c1-27-12-14-9-20(25)23-17-10-15(7-8-16(14)17)22-21(26)18-11-19(28-24-18)13-5-3-2-4-6-13/h2-6,11,14-17H,7-10,12H2,1H3,(H,22,26)(H,23,25). The number of nitrogens with one attached hydrogen (secondary N) is 2. The van der Waals surface area contributed by atoms with Crippen molar-refractivity contribution in [2.24, 2.45) is 11.8 Å². The molecule has 1 saturated carbocycles. The second-order valence-corrected chi connectivity index (χ2v) is 7.68. The number of carbonyl (C=O) groups excluding carboxylic acids is 2. The number of rotatable bonds is 5. The van der Waals surface area contributed by atoms with Gasteiger partial charge in [0.15, 0.2) is 11.5 Å². The summed E-state index contributed by atoms with van der Waals surface area (Å²) in [4.78, 5) is 24.6. The molecule has 148 valence electrons. The van der Waals surface area contributed by atoms with Gasteiger partial charge in [-0.05, 0) is 31.1 Å². The van der Waals surface area contributed by atoms with E-state index in [2.05, 4.69) is 15.8 Å². The number of amides is 2. The molecule has 28 heavy (non-hydrogen) atoms. The molecular formula is C21H25N3O4. The third-order valence-electron chi connectivity index (χ3n) is 5.82. The van der Waals surface area contributed by atoms with Gasteiger partial charge in [0.2, 0.25) is 5.91 Å². The Kier molecular flexibility index (Phi) is 5.43. The Bertz CT molecular complexity index is 835. The highest BCUT2D eigenvalue weighted by Gasteiger charge is 2.41. The molecule has 2 aromatic rings. The van der Waals surface area contributed by atoms with Gasteiger partial charge in [0.05, 0.1) is 0 Å². The summed E-state index contributed by atoms with van der Waals surface area (Å²) in [5, 5.41) is 10.1. The van der Waals surface area contributed by atoms with Crippen LogP contribution in [0.25, 0.3) is 11.3 Å². The largest absolute Gasteiger partial charge is 0.384 e. The van der Waals surface area contributed by atoms with Crippen LogP contribution in [0.1, 0.15) is 36.2 Å². The smallest absolute Gasteiger partial charge is 0.273 e. The van der Waals surface area contributed by atoms with Gasteiger partial charge in [0.1, 0.15) is 0 Å². The lowest BCUT2D eigenvalue weighted by molar-refractivity contribution is -0.128. The van der Waals surface area contributed by atoms with E-state index in [0.717, 1.165) is 24.8 Å². The number of hydrogen-bond acceptors (Lipinski definition) is 5. The number of fused-ring (bicyclic) bond motifs is 1. The second kappa shape index (κ2) is 8.14. The molecule has 4 atom stereocenters. The molecule has 2 N–H and O–H groups in total. The van der Waals surface area contributed by atoms with E-state index in [0.29, 0.717) is 24.7 Å². The number of carbonyl (C=O) groups is 2. The first-order valence-corrected chi connectivity index (χ1v) is 9.75. The van der Waals surface area contributed by atoms with Crippen molar-refractivity contribution in [1.29, 1.82) is 0 Å². The minimum Gasteiger partial charge on any atom is -0.384 e. The first-order chi connectivity index (χ1) is 13.6. The summed E-state index contributed by atoms with van der Waals surface area (Å²) in [5.74, 6) is 1.05.